The Balaban J connectivity index is 2.31. The number of nitrogens with zero attached hydrogens (tertiary/aromatic N) is 2. The molecular weight excluding hydrogens is 415 g/mol. The number of hydrogen-bond acceptors (Lipinski definition) is 6. The van der Waals surface area contributed by atoms with E-state index in [4.69, 9.17) is 44.9 Å². The third-order valence-corrected chi connectivity index (χ3v) is 4.72. The first kappa shape index (κ1) is 21.1. The van der Waals surface area contributed by atoms with E-state index in [9.17, 15) is 14.4 Å². The van der Waals surface area contributed by atoms with Crippen LogP contribution in [0.3, 0.4) is 0 Å². The minimum absolute atomic E-state index is 0.0825. The Morgan fingerprint density at radius 2 is 1.67 bits per heavy atom. The summed E-state index contributed by atoms with van der Waals surface area (Å²) in [5.41, 5.74) is 0.334. The van der Waals surface area contributed by atoms with Crippen molar-refractivity contribution >= 4 is 64.4 Å². The van der Waals surface area contributed by atoms with Gasteiger partial charge in [0.15, 0.2) is 17.5 Å². The summed E-state index contributed by atoms with van der Waals surface area (Å²) in [6.45, 7) is 1.55. The highest BCUT2D eigenvalue weighted by molar-refractivity contribution is 7.80. The van der Waals surface area contributed by atoms with Crippen LogP contribution in [0, 0.1) is 0 Å². The molecule has 1 saturated heterocycles. The molecule has 1 aromatic carbocycles. The molecule has 0 saturated carbocycles. The maximum atomic E-state index is 12.4. The van der Waals surface area contributed by atoms with E-state index in [-0.39, 0.29) is 39.7 Å². The Hall–Kier alpha value is -2.16. The number of halogens is 2. The zero-order valence-electron chi connectivity index (χ0n) is 14.7. The third-order valence-electron chi connectivity index (χ3n) is 3.62. The van der Waals surface area contributed by atoms with Crippen LogP contribution in [-0.4, -0.2) is 60.0 Å². The number of carbonyl (C=O) groups excluding carboxylic acids is 3. The average molecular weight is 431 g/mol. The summed E-state index contributed by atoms with van der Waals surface area (Å²) in [5.74, 6) is -1.52. The van der Waals surface area contributed by atoms with Gasteiger partial charge in [0.2, 0.25) is 0 Å². The number of ether oxygens (including phenoxy) is 2. The number of likely N-dealkylation sites (N-methyl/N-ethyl adjacent to an activating group) is 2. The van der Waals surface area contributed by atoms with Crippen LogP contribution in [0.1, 0.15) is 12.5 Å². The summed E-state index contributed by atoms with van der Waals surface area (Å²) in [7, 11) is 2.96. The lowest BCUT2D eigenvalue weighted by molar-refractivity contribution is -0.145. The van der Waals surface area contributed by atoms with Gasteiger partial charge in [0.1, 0.15) is 5.57 Å². The van der Waals surface area contributed by atoms with Crippen molar-refractivity contribution in [2.45, 2.75) is 6.92 Å². The molecule has 1 aliphatic rings. The molecule has 1 aromatic rings. The van der Waals surface area contributed by atoms with E-state index in [1.807, 2.05) is 0 Å². The van der Waals surface area contributed by atoms with E-state index in [1.165, 1.54) is 42.1 Å². The van der Waals surface area contributed by atoms with Gasteiger partial charge in [-0.05, 0) is 42.9 Å². The molecule has 0 spiro atoms. The number of hydrogen-bond donors (Lipinski definition) is 0. The van der Waals surface area contributed by atoms with E-state index >= 15 is 0 Å². The molecule has 0 unspecified atom stereocenters. The number of benzene rings is 1. The van der Waals surface area contributed by atoms with Gasteiger partial charge in [-0.3, -0.25) is 19.4 Å². The molecule has 27 heavy (non-hydrogen) atoms. The van der Waals surface area contributed by atoms with E-state index in [2.05, 4.69) is 0 Å². The molecule has 2 rings (SSSR count). The minimum Gasteiger partial charge on any atom is -0.479 e. The highest BCUT2D eigenvalue weighted by atomic mass is 35.5. The van der Waals surface area contributed by atoms with Crippen LogP contribution in [0.15, 0.2) is 17.7 Å². The minimum atomic E-state index is -0.559. The standard InChI is InChI=1S/C17H16Cl2N2O5S/c1-4-25-13(22)8-26-14-11(18)6-9(7-12(14)19)5-10-15(23)20(2)17(27)21(3)16(10)24/h5-7H,4,8H2,1-3H3. The quantitative estimate of drug-likeness (QED) is 0.309. The molecule has 0 atom stereocenters. The maximum absolute atomic E-state index is 12.4. The molecule has 0 bridgehead atoms. The van der Waals surface area contributed by atoms with Crippen molar-refractivity contribution in [1.82, 2.24) is 9.80 Å². The van der Waals surface area contributed by atoms with E-state index in [1.54, 1.807) is 6.92 Å². The molecule has 1 aliphatic heterocycles. The summed E-state index contributed by atoms with van der Waals surface area (Å²) < 4.78 is 10.1. The van der Waals surface area contributed by atoms with E-state index in [0.29, 0.717) is 5.56 Å². The van der Waals surface area contributed by atoms with Crippen LogP contribution in [-0.2, 0) is 19.1 Å². The first-order valence-electron chi connectivity index (χ1n) is 7.76. The number of carbonyl (C=O) groups is 3. The van der Waals surface area contributed by atoms with Crippen LogP contribution in [0.2, 0.25) is 10.0 Å². The van der Waals surface area contributed by atoms with Crippen molar-refractivity contribution in [3.8, 4) is 5.75 Å². The lowest BCUT2D eigenvalue weighted by atomic mass is 10.1. The summed E-state index contributed by atoms with van der Waals surface area (Å²) in [6.07, 6.45) is 1.37. The first-order valence-corrected chi connectivity index (χ1v) is 8.93. The monoisotopic (exact) mass is 430 g/mol. The fraction of sp³-hybridized carbons (Fsp3) is 0.294. The summed E-state index contributed by atoms with van der Waals surface area (Å²) in [6, 6.07) is 2.93. The largest absolute Gasteiger partial charge is 0.479 e. The van der Waals surface area contributed by atoms with Crippen molar-refractivity contribution in [2.24, 2.45) is 0 Å². The Bertz CT molecular complexity index is 807. The molecule has 1 heterocycles. The Morgan fingerprint density at radius 3 is 2.15 bits per heavy atom. The fourth-order valence-corrected chi connectivity index (χ4v) is 3.06. The predicted octanol–water partition coefficient (Wildman–Crippen LogP) is 2.53. The smallest absolute Gasteiger partial charge is 0.344 e. The molecule has 7 nitrogen and oxygen atoms in total. The summed E-state index contributed by atoms with van der Waals surface area (Å²) in [5, 5.41) is 0.346. The second kappa shape index (κ2) is 8.69. The van der Waals surface area contributed by atoms with Gasteiger partial charge in [0.25, 0.3) is 11.8 Å². The van der Waals surface area contributed by atoms with Crippen LogP contribution >= 0.6 is 35.4 Å². The Labute approximate surface area is 171 Å². The van der Waals surface area contributed by atoms with Crippen molar-refractivity contribution in [3.05, 3.63) is 33.3 Å². The molecule has 0 aromatic heterocycles. The molecule has 0 N–H and O–H groups in total. The zero-order valence-corrected chi connectivity index (χ0v) is 17.1. The van der Waals surface area contributed by atoms with Crippen molar-refractivity contribution < 1.29 is 23.9 Å². The molecular formula is C17H16Cl2N2O5S. The van der Waals surface area contributed by atoms with Crippen LogP contribution in [0.5, 0.6) is 5.75 Å². The van der Waals surface area contributed by atoms with Gasteiger partial charge in [-0.25, -0.2) is 4.79 Å². The first-order chi connectivity index (χ1) is 12.7. The number of esters is 1. The van der Waals surface area contributed by atoms with Gasteiger partial charge in [-0.1, -0.05) is 23.2 Å². The highest BCUT2D eigenvalue weighted by Crippen LogP contribution is 2.35. The van der Waals surface area contributed by atoms with Gasteiger partial charge in [0, 0.05) is 14.1 Å². The second-order valence-corrected chi connectivity index (χ2v) is 6.66. The van der Waals surface area contributed by atoms with Crippen molar-refractivity contribution in [1.29, 1.82) is 0 Å². The van der Waals surface area contributed by atoms with E-state index in [0.717, 1.165) is 0 Å². The summed E-state index contributed by atoms with van der Waals surface area (Å²) >= 11 is 17.4. The van der Waals surface area contributed by atoms with Crippen molar-refractivity contribution in [3.63, 3.8) is 0 Å². The van der Waals surface area contributed by atoms with Crippen LogP contribution < -0.4 is 4.74 Å². The molecule has 2 amide bonds. The lowest BCUT2D eigenvalue weighted by Crippen LogP contribution is -2.52. The Morgan fingerprint density at radius 1 is 1.15 bits per heavy atom. The average Bonchev–Trinajstić information content (AvgIpc) is 2.61. The number of thiocarbonyl (C=S) groups is 1. The van der Waals surface area contributed by atoms with Gasteiger partial charge in [-0.15, -0.1) is 0 Å². The molecule has 10 heteroatoms. The fourth-order valence-electron chi connectivity index (χ4n) is 2.28. The third kappa shape index (κ3) is 4.58. The molecule has 144 valence electrons. The molecule has 0 radical (unpaired) electrons. The number of amides is 2. The zero-order chi connectivity index (χ0) is 20.3. The SMILES string of the molecule is CCOC(=O)COc1c(Cl)cc(C=C2C(=O)N(C)C(=S)N(C)C2=O)cc1Cl. The van der Waals surface area contributed by atoms with Gasteiger partial charge in [-0.2, -0.15) is 0 Å². The maximum Gasteiger partial charge on any atom is 0.344 e. The lowest BCUT2D eigenvalue weighted by Gasteiger charge is -2.31. The highest BCUT2D eigenvalue weighted by Gasteiger charge is 2.35. The predicted molar refractivity (Wildman–Crippen MR) is 105 cm³/mol. The Kier molecular flexibility index (Phi) is 6.80. The van der Waals surface area contributed by atoms with Gasteiger partial charge < -0.3 is 9.47 Å². The number of rotatable bonds is 5. The molecule has 0 aliphatic carbocycles. The molecule has 1 fully saturated rings. The van der Waals surface area contributed by atoms with Crippen LogP contribution in [0.4, 0.5) is 0 Å². The van der Waals surface area contributed by atoms with Gasteiger partial charge >= 0.3 is 5.97 Å². The summed E-state index contributed by atoms with van der Waals surface area (Å²) in [4.78, 5) is 38.5. The topological polar surface area (TPSA) is 76.2 Å². The normalized spacial score (nSPS) is 14.6. The van der Waals surface area contributed by atoms with E-state index < -0.39 is 17.8 Å². The van der Waals surface area contributed by atoms with Gasteiger partial charge in [0.05, 0.1) is 16.7 Å². The van der Waals surface area contributed by atoms with Crippen molar-refractivity contribution in [2.75, 3.05) is 27.3 Å². The second-order valence-electron chi connectivity index (χ2n) is 5.48. The van der Waals surface area contributed by atoms with Crippen LogP contribution in [0.25, 0.3) is 6.08 Å².